The Morgan fingerprint density at radius 2 is 1.82 bits per heavy atom. The van der Waals surface area contributed by atoms with Crippen LogP contribution in [-0.4, -0.2) is 21.9 Å². The third-order valence-electron chi connectivity index (χ3n) is 2.13. The Balaban J connectivity index is 2.24. The molecule has 6 heteroatoms. The lowest BCUT2D eigenvalue weighted by Gasteiger charge is -1.97. The summed E-state index contributed by atoms with van der Waals surface area (Å²) < 4.78 is 5.43. The van der Waals surface area contributed by atoms with Crippen molar-refractivity contribution in [2.45, 2.75) is 12.8 Å². The largest absolute Gasteiger partial charge is 0.421 e. The van der Waals surface area contributed by atoms with Crippen LogP contribution in [0, 0.1) is 0 Å². The Bertz CT molecular complexity index is 494. The van der Waals surface area contributed by atoms with Gasteiger partial charge in [-0.15, -0.1) is 10.2 Å². The van der Waals surface area contributed by atoms with Crippen molar-refractivity contribution in [3.05, 3.63) is 34.1 Å². The molecular formula is C11H10Cl2N2O2. The van der Waals surface area contributed by atoms with Gasteiger partial charge in [-0.1, -0.05) is 23.2 Å². The lowest BCUT2D eigenvalue weighted by atomic mass is 10.2. The summed E-state index contributed by atoms with van der Waals surface area (Å²) in [7, 11) is 0. The summed E-state index contributed by atoms with van der Waals surface area (Å²) >= 11 is 11.8. The van der Waals surface area contributed by atoms with Gasteiger partial charge < -0.3 is 9.52 Å². The predicted molar refractivity (Wildman–Crippen MR) is 65.2 cm³/mol. The summed E-state index contributed by atoms with van der Waals surface area (Å²) in [5.74, 6) is 0.868. The molecule has 0 amide bonds. The fourth-order valence-electron chi connectivity index (χ4n) is 1.38. The van der Waals surface area contributed by atoms with Crippen LogP contribution in [0.3, 0.4) is 0 Å². The minimum absolute atomic E-state index is 0.0979. The highest BCUT2D eigenvalue weighted by Crippen LogP contribution is 2.26. The van der Waals surface area contributed by atoms with E-state index in [9.17, 15) is 0 Å². The van der Waals surface area contributed by atoms with E-state index >= 15 is 0 Å². The molecule has 4 nitrogen and oxygen atoms in total. The van der Waals surface area contributed by atoms with Gasteiger partial charge in [0.1, 0.15) is 0 Å². The molecule has 90 valence electrons. The molecule has 1 N–H and O–H groups in total. The lowest BCUT2D eigenvalue weighted by Crippen LogP contribution is -1.88. The normalized spacial score (nSPS) is 10.8. The molecule has 0 aliphatic carbocycles. The lowest BCUT2D eigenvalue weighted by molar-refractivity contribution is 0.283. The fraction of sp³-hybridized carbons (Fsp3) is 0.273. The Morgan fingerprint density at radius 1 is 1.12 bits per heavy atom. The first-order chi connectivity index (χ1) is 8.19. The maximum Gasteiger partial charge on any atom is 0.247 e. The summed E-state index contributed by atoms with van der Waals surface area (Å²) in [6.07, 6.45) is 1.15. The maximum atomic E-state index is 8.70. The second-order valence-electron chi connectivity index (χ2n) is 3.49. The molecule has 0 fully saturated rings. The van der Waals surface area contributed by atoms with Gasteiger partial charge in [0, 0.05) is 28.6 Å². The van der Waals surface area contributed by atoms with Crippen molar-refractivity contribution in [3.63, 3.8) is 0 Å². The van der Waals surface area contributed by atoms with Gasteiger partial charge in [-0.2, -0.15) is 0 Å². The molecule has 0 saturated heterocycles. The second-order valence-corrected chi connectivity index (χ2v) is 4.36. The van der Waals surface area contributed by atoms with Crippen LogP contribution < -0.4 is 0 Å². The summed E-state index contributed by atoms with van der Waals surface area (Å²) in [5.41, 5.74) is 0.685. The van der Waals surface area contributed by atoms with Gasteiger partial charge in [-0.25, -0.2) is 0 Å². The minimum atomic E-state index is 0.0979. The number of halogens is 2. The van der Waals surface area contributed by atoms with Gasteiger partial charge in [-0.05, 0) is 24.6 Å². The molecule has 1 heterocycles. The molecule has 0 aliphatic rings. The quantitative estimate of drug-likeness (QED) is 0.930. The van der Waals surface area contributed by atoms with E-state index in [2.05, 4.69) is 10.2 Å². The van der Waals surface area contributed by atoms with Crippen molar-refractivity contribution in [2.75, 3.05) is 6.61 Å². The van der Waals surface area contributed by atoms with E-state index < -0.39 is 0 Å². The molecule has 1 aromatic carbocycles. The van der Waals surface area contributed by atoms with Crippen LogP contribution in [0.25, 0.3) is 11.5 Å². The topological polar surface area (TPSA) is 59.2 Å². The number of rotatable bonds is 4. The van der Waals surface area contributed by atoms with E-state index in [0.717, 1.165) is 0 Å². The Hall–Kier alpha value is -1.10. The molecule has 2 rings (SSSR count). The van der Waals surface area contributed by atoms with Gasteiger partial charge >= 0.3 is 0 Å². The van der Waals surface area contributed by atoms with Crippen molar-refractivity contribution in [1.82, 2.24) is 10.2 Å². The predicted octanol–water partition coefficient (Wildman–Crippen LogP) is 2.97. The first kappa shape index (κ1) is 12.4. The van der Waals surface area contributed by atoms with Crippen LogP contribution in [0.15, 0.2) is 22.6 Å². The van der Waals surface area contributed by atoms with Gasteiger partial charge in [0.2, 0.25) is 11.8 Å². The van der Waals surface area contributed by atoms with Crippen LogP contribution >= 0.6 is 23.2 Å². The van der Waals surface area contributed by atoms with Gasteiger partial charge in [0.05, 0.1) is 0 Å². The Kier molecular flexibility index (Phi) is 3.99. The van der Waals surface area contributed by atoms with Crippen LogP contribution in [0.1, 0.15) is 12.3 Å². The van der Waals surface area contributed by atoms with Gasteiger partial charge in [-0.3, -0.25) is 0 Å². The number of hydrogen-bond acceptors (Lipinski definition) is 4. The highest BCUT2D eigenvalue weighted by molar-refractivity contribution is 6.35. The molecular weight excluding hydrogens is 263 g/mol. The van der Waals surface area contributed by atoms with E-state index in [0.29, 0.717) is 40.2 Å². The molecule has 2 aromatic rings. The number of hydrogen-bond donors (Lipinski definition) is 1. The van der Waals surface area contributed by atoms with Crippen LogP contribution in [-0.2, 0) is 6.42 Å². The molecule has 0 spiro atoms. The molecule has 0 atom stereocenters. The van der Waals surface area contributed by atoms with E-state index in [1.807, 2.05) is 0 Å². The standard InChI is InChI=1S/C11H10Cl2N2O2/c12-8-4-7(5-9(13)6-8)11-15-14-10(17-11)2-1-3-16/h4-6,16H,1-3H2. The fourth-order valence-corrected chi connectivity index (χ4v) is 1.90. The number of nitrogens with zero attached hydrogens (tertiary/aromatic N) is 2. The summed E-state index contributed by atoms with van der Waals surface area (Å²) in [6.45, 7) is 0.0979. The third-order valence-corrected chi connectivity index (χ3v) is 2.56. The van der Waals surface area contributed by atoms with Crippen LogP contribution in [0.5, 0.6) is 0 Å². The number of aliphatic hydroxyl groups is 1. The zero-order valence-electron chi connectivity index (χ0n) is 8.86. The number of aryl methyl sites for hydroxylation is 1. The van der Waals surface area contributed by atoms with E-state index in [-0.39, 0.29) is 6.61 Å². The maximum absolute atomic E-state index is 8.70. The Labute approximate surface area is 108 Å². The highest BCUT2D eigenvalue weighted by atomic mass is 35.5. The smallest absolute Gasteiger partial charge is 0.247 e. The third kappa shape index (κ3) is 3.19. The van der Waals surface area contributed by atoms with E-state index in [1.165, 1.54) is 0 Å². The molecule has 0 saturated carbocycles. The molecule has 17 heavy (non-hydrogen) atoms. The summed E-state index contributed by atoms with van der Waals surface area (Å²) in [4.78, 5) is 0. The molecule has 0 bridgehead atoms. The summed E-state index contributed by atoms with van der Waals surface area (Å²) in [5, 5.41) is 17.5. The van der Waals surface area contributed by atoms with Gasteiger partial charge in [0.25, 0.3) is 0 Å². The monoisotopic (exact) mass is 272 g/mol. The number of benzene rings is 1. The number of aliphatic hydroxyl groups excluding tert-OH is 1. The molecule has 0 unspecified atom stereocenters. The Morgan fingerprint density at radius 3 is 2.47 bits per heavy atom. The summed E-state index contributed by atoms with van der Waals surface area (Å²) in [6, 6.07) is 5.04. The zero-order chi connectivity index (χ0) is 12.3. The first-order valence-electron chi connectivity index (χ1n) is 5.09. The SMILES string of the molecule is OCCCc1nnc(-c2cc(Cl)cc(Cl)c2)o1. The average Bonchev–Trinajstić information content (AvgIpc) is 2.73. The van der Waals surface area contributed by atoms with Crippen molar-refractivity contribution >= 4 is 23.2 Å². The second kappa shape index (κ2) is 5.49. The van der Waals surface area contributed by atoms with Crippen LogP contribution in [0.2, 0.25) is 10.0 Å². The molecule has 0 aliphatic heterocycles. The minimum Gasteiger partial charge on any atom is -0.421 e. The molecule has 0 radical (unpaired) electrons. The van der Waals surface area contributed by atoms with Gasteiger partial charge in [0.15, 0.2) is 0 Å². The average molecular weight is 273 g/mol. The van der Waals surface area contributed by atoms with Crippen molar-refractivity contribution in [1.29, 1.82) is 0 Å². The van der Waals surface area contributed by atoms with Crippen molar-refractivity contribution in [2.24, 2.45) is 0 Å². The molecule has 1 aromatic heterocycles. The van der Waals surface area contributed by atoms with Crippen LogP contribution in [0.4, 0.5) is 0 Å². The zero-order valence-corrected chi connectivity index (χ0v) is 10.4. The van der Waals surface area contributed by atoms with E-state index in [4.69, 9.17) is 32.7 Å². The van der Waals surface area contributed by atoms with Crippen molar-refractivity contribution in [3.8, 4) is 11.5 Å². The van der Waals surface area contributed by atoms with Crippen molar-refractivity contribution < 1.29 is 9.52 Å². The highest BCUT2D eigenvalue weighted by Gasteiger charge is 2.09. The van der Waals surface area contributed by atoms with E-state index in [1.54, 1.807) is 18.2 Å². The number of aromatic nitrogens is 2. The first-order valence-corrected chi connectivity index (χ1v) is 5.84.